The van der Waals surface area contributed by atoms with Crippen LogP contribution >= 0.6 is 0 Å². The smallest absolute Gasteiger partial charge is 0.292 e. The Labute approximate surface area is 107 Å². The predicted molar refractivity (Wildman–Crippen MR) is 64.7 cm³/mol. The molecule has 0 unspecified atom stereocenters. The number of hydrogen-bond acceptors (Lipinski definition) is 5. The summed E-state index contributed by atoms with van der Waals surface area (Å²) in [5.74, 6) is 0.206. The fourth-order valence-electron chi connectivity index (χ4n) is 2.18. The summed E-state index contributed by atoms with van der Waals surface area (Å²) in [4.78, 5) is 16.1. The van der Waals surface area contributed by atoms with Crippen molar-refractivity contribution >= 4 is 5.91 Å². The van der Waals surface area contributed by atoms with Gasteiger partial charge in [0.15, 0.2) is 0 Å². The second kappa shape index (κ2) is 6.61. The lowest BCUT2D eigenvalue weighted by atomic mass is 10.3. The third kappa shape index (κ3) is 3.36. The monoisotopic (exact) mass is 256 g/mol. The summed E-state index contributed by atoms with van der Waals surface area (Å²) >= 11 is 0. The van der Waals surface area contributed by atoms with Gasteiger partial charge in [0.05, 0.1) is 6.61 Å². The quantitative estimate of drug-likeness (QED) is 0.730. The number of aliphatic hydroxyl groups excluding tert-OH is 1. The topological polar surface area (TPSA) is 62.2 Å². The Morgan fingerprint density at radius 1 is 1.28 bits per heavy atom. The predicted octanol–water partition coefficient (Wildman–Crippen LogP) is -0.599. The van der Waals surface area contributed by atoms with Gasteiger partial charge in [0.25, 0.3) is 5.91 Å². The summed E-state index contributed by atoms with van der Waals surface area (Å²) in [5, 5.41) is 8.92. The lowest BCUT2D eigenvalue weighted by molar-refractivity contribution is -0.132. The maximum atomic E-state index is 12.2. The van der Waals surface area contributed by atoms with E-state index in [0.29, 0.717) is 32.1 Å². The third-order valence-electron chi connectivity index (χ3n) is 3.15. The molecule has 1 amide bonds. The number of rotatable bonds is 3. The number of amides is 1. The van der Waals surface area contributed by atoms with Crippen LogP contribution in [0.2, 0.25) is 0 Å². The Morgan fingerprint density at radius 2 is 2.17 bits per heavy atom. The number of ether oxygens (including phenoxy) is 2. The van der Waals surface area contributed by atoms with Gasteiger partial charge in [0, 0.05) is 26.2 Å². The molecule has 1 N–H and O–H groups in total. The number of carbonyl (C=O) groups excluding carboxylic acids is 1. The molecule has 2 aliphatic heterocycles. The van der Waals surface area contributed by atoms with Crippen molar-refractivity contribution in [3.05, 3.63) is 12.0 Å². The van der Waals surface area contributed by atoms with E-state index in [1.807, 2.05) is 0 Å². The minimum atomic E-state index is -0.0967. The molecule has 0 radical (unpaired) electrons. The van der Waals surface area contributed by atoms with E-state index in [1.54, 1.807) is 4.90 Å². The number of hydrogen-bond donors (Lipinski definition) is 1. The average molecular weight is 256 g/mol. The van der Waals surface area contributed by atoms with Crippen LogP contribution < -0.4 is 0 Å². The molecule has 0 aliphatic carbocycles. The summed E-state index contributed by atoms with van der Waals surface area (Å²) in [6.45, 7) is 4.87. The first-order chi connectivity index (χ1) is 8.81. The largest absolute Gasteiger partial charge is 0.494 e. The van der Waals surface area contributed by atoms with Crippen LogP contribution in [0.4, 0.5) is 0 Å². The van der Waals surface area contributed by atoms with Crippen LogP contribution in [-0.4, -0.2) is 73.4 Å². The van der Waals surface area contributed by atoms with Crippen LogP contribution in [0.5, 0.6) is 0 Å². The Morgan fingerprint density at radius 3 is 2.89 bits per heavy atom. The van der Waals surface area contributed by atoms with Gasteiger partial charge in [-0.1, -0.05) is 0 Å². The van der Waals surface area contributed by atoms with Crippen LogP contribution in [0.15, 0.2) is 12.0 Å². The van der Waals surface area contributed by atoms with Gasteiger partial charge in [-0.15, -0.1) is 0 Å². The third-order valence-corrected chi connectivity index (χ3v) is 3.15. The highest BCUT2D eigenvalue weighted by molar-refractivity contribution is 5.91. The molecule has 0 spiro atoms. The zero-order valence-electron chi connectivity index (χ0n) is 10.5. The zero-order chi connectivity index (χ0) is 12.8. The molecule has 0 aromatic heterocycles. The van der Waals surface area contributed by atoms with Crippen molar-refractivity contribution in [1.82, 2.24) is 9.80 Å². The average Bonchev–Trinajstić information content (AvgIpc) is 2.65. The number of carbonyl (C=O) groups is 1. The van der Waals surface area contributed by atoms with Crippen LogP contribution in [-0.2, 0) is 14.3 Å². The normalized spacial score (nSPS) is 21.6. The van der Waals surface area contributed by atoms with E-state index in [1.165, 1.54) is 6.26 Å². The lowest BCUT2D eigenvalue weighted by Gasteiger charge is -2.23. The van der Waals surface area contributed by atoms with Gasteiger partial charge in [-0.25, -0.2) is 0 Å². The summed E-state index contributed by atoms with van der Waals surface area (Å²) in [6.07, 6.45) is 2.32. The Balaban J connectivity index is 1.89. The first-order valence-electron chi connectivity index (χ1n) is 6.38. The maximum Gasteiger partial charge on any atom is 0.292 e. The molecule has 18 heavy (non-hydrogen) atoms. The van der Waals surface area contributed by atoms with E-state index >= 15 is 0 Å². The van der Waals surface area contributed by atoms with Gasteiger partial charge in [-0.3, -0.25) is 9.69 Å². The highest BCUT2D eigenvalue weighted by atomic mass is 16.6. The Bertz CT molecular complexity index is 319. The van der Waals surface area contributed by atoms with Crippen molar-refractivity contribution in [1.29, 1.82) is 0 Å². The van der Waals surface area contributed by atoms with Crippen molar-refractivity contribution in [3.8, 4) is 0 Å². The van der Waals surface area contributed by atoms with E-state index in [4.69, 9.17) is 14.6 Å². The summed E-state index contributed by atoms with van der Waals surface area (Å²) in [7, 11) is 0. The van der Waals surface area contributed by atoms with Crippen molar-refractivity contribution in [2.24, 2.45) is 0 Å². The highest BCUT2D eigenvalue weighted by Crippen LogP contribution is 2.11. The summed E-state index contributed by atoms with van der Waals surface area (Å²) in [5.41, 5.74) is 0. The second-order valence-corrected chi connectivity index (χ2v) is 4.41. The maximum absolute atomic E-state index is 12.2. The molecule has 2 aliphatic rings. The summed E-state index contributed by atoms with van der Waals surface area (Å²) in [6, 6.07) is 0. The van der Waals surface area contributed by atoms with Gasteiger partial charge in [0.2, 0.25) is 5.76 Å². The molecule has 2 heterocycles. The molecule has 0 atom stereocenters. The molecule has 2 rings (SSSR count). The molecule has 0 saturated carbocycles. The van der Waals surface area contributed by atoms with Crippen LogP contribution in [0.3, 0.4) is 0 Å². The molecule has 0 aromatic carbocycles. The fourth-order valence-corrected chi connectivity index (χ4v) is 2.18. The van der Waals surface area contributed by atoms with E-state index in [9.17, 15) is 4.79 Å². The lowest BCUT2D eigenvalue weighted by Crippen LogP contribution is -2.37. The Kier molecular flexibility index (Phi) is 4.83. The molecular weight excluding hydrogens is 236 g/mol. The van der Waals surface area contributed by atoms with Crippen LogP contribution in [0, 0.1) is 0 Å². The summed E-state index contributed by atoms with van der Waals surface area (Å²) < 4.78 is 10.4. The molecule has 102 valence electrons. The first kappa shape index (κ1) is 13.2. The molecule has 1 fully saturated rings. The number of β-amino-alcohol motifs (C(OH)–C–C–N with tert-alkyl or cyclic N) is 1. The van der Waals surface area contributed by atoms with E-state index in [0.717, 1.165) is 26.1 Å². The minimum Gasteiger partial charge on any atom is -0.494 e. The van der Waals surface area contributed by atoms with Crippen molar-refractivity contribution in [2.75, 3.05) is 52.5 Å². The van der Waals surface area contributed by atoms with Gasteiger partial charge < -0.3 is 19.5 Å². The van der Waals surface area contributed by atoms with Gasteiger partial charge >= 0.3 is 0 Å². The highest BCUT2D eigenvalue weighted by Gasteiger charge is 2.24. The van der Waals surface area contributed by atoms with E-state index < -0.39 is 0 Å². The van der Waals surface area contributed by atoms with Crippen molar-refractivity contribution in [2.45, 2.75) is 6.42 Å². The van der Waals surface area contributed by atoms with Gasteiger partial charge in [-0.2, -0.15) is 0 Å². The van der Waals surface area contributed by atoms with Crippen LogP contribution in [0.25, 0.3) is 0 Å². The molecule has 6 heteroatoms. The van der Waals surface area contributed by atoms with Crippen molar-refractivity contribution < 1.29 is 19.4 Å². The molecular formula is C12H20N2O4. The second-order valence-electron chi connectivity index (χ2n) is 4.41. The SMILES string of the molecule is O=C(C1=COCCO1)N1CCCN(CCO)CC1. The van der Waals surface area contributed by atoms with Gasteiger partial charge in [-0.05, 0) is 13.0 Å². The minimum absolute atomic E-state index is 0.0967. The molecule has 6 nitrogen and oxygen atoms in total. The number of nitrogens with zero attached hydrogens (tertiary/aromatic N) is 2. The van der Waals surface area contributed by atoms with E-state index in [-0.39, 0.29) is 12.5 Å². The number of aliphatic hydroxyl groups is 1. The molecule has 1 saturated heterocycles. The standard InChI is InChI=1S/C12H20N2O4/c15-7-6-13-2-1-3-14(5-4-13)12(16)11-10-17-8-9-18-11/h10,15H,1-9H2. The Hall–Kier alpha value is -1.27. The molecule has 0 bridgehead atoms. The van der Waals surface area contributed by atoms with Crippen LogP contribution in [0.1, 0.15) is 6.42 Å². The fraction of sp³-hybridized carbons (Fsp3) is 0.750. The van der Waals surface area contributed by atoms with Gasteiger partial charge in [0.1, 0.15) is 19.5 Å². The zero-order valence-corrected chi connectivity index (χ0v) is 10.5. The first-order valence-corrected chi connectivity index (χ1v) is 6.38. The van der Waals surface area contributed by atoms with Crippen molar-refractivity contribution in [3.63, 3.8) is 0 Å². The molecule has 0 aromatic rings. The van der Waals surface area contributed by atoms with E-state index in [2.05, 4.69) is 4.90 Å².